The van der Waals surface area contributed by atoms with E-state index >= 15 is 0 Å². The van der Waals surface area contributed by atoms with E-state index in [2.05, 4.69) is 31.8 Å². The van der Waals surface area contributed by atoms with Gasteiger partial charge in [-0.1, -0.05) is 11.6 Å². The fraction of sp³-hybridized carbons (Fsp3) is 0.455. The van der Waals surface area contributed by atoms with Crippen molar-refractivity contribution in [1.29, 1.82) is 0 Å². The summed E-state index contributed by atoms with van der Waals surface area (Å²) < 4.78 is 7.44. The molecule has 0 radical (unpaired) electrons. The van der Waals surface area contributed by atoms with Gasteiger partial charge < -0.3 is 19.9 Å². The second-order valence-electron chi connectivity index (χ2n) is 8.31. The predicted octanol–water partition coefficient (Wildman–Crippen LogP) is 1.84. The van der Waals surface area contributed by atoms with Crippen molar-refractivity contribution in [3.8, 4) is 5.75 Å². The first kappa shape index (κ1) is 22.4. The Bertz CT molecular complexity index is 1220. The summed E-state index contributed by atoms with van der Waals surface area (Å²) in [5.41, 5.74) is 9.46. The third-order valence-corrected chi connectivity index (χ3v) is 6.30. The number of ether oxygens (including phenoxy) is 1. The van der Waals surface area contributed by atoms with Crippen LogP contribution in [0.25, 0.3) is 11.0 Å². The molecule has 4 rings (SSSR count). The van der Waals surface area contributed by atoms with Crippen LogP contribution in [0.15, 0.2) is 17.2 Å². The molecule has 0 spiro atoms. The molecule has 0 bridgehead atoms. The van der Waals surface area contributed by atoms with Crippen LogP contribution in [-0.4, -0.2) is 69.7 Å². The molecule has 0 aromatic carbocycles. The highest BCUT2D eigenvalue weighted by atomic mass is 35.5. The summed E-state index contributed by atoms with van der Waals surface area (Å²) in [7, 11) is 3.75. The summed E-state index contributed by atoms with van der Waals surface area (Å²) >= 11 is 6.38. The SMILES string of the molecule is COc1c(C)cnc(Cn2cc(CN3CCN(C)CC3)c(=O)c3c(Cl)nc(N)nc32)c1C. The highest BCUT2D eigenvalue weighted by Gasteiger charge is 2.20. The van der Waals surface area contributed by atoms with Gasteiger partial charge in [0.15, 0.2) is 11.1 Å². The van der Waals surface area contributed by atoms with Gasteiger partial charge in [-0.05, 0) is 20.9 Å². The van der Waals surface area contributed by atoms with E-state index in [0.29, 0.717) is 24.3 Å². The molecule has 0 amide bonds. The summed E-state index contributed by atoms with van der Waals surface area (Å²) in [5, 5.41) is 0.349. The Morgan fingerprint density at radius 1 is 1.16 bits per heavy atom. The first-order chi connectivity index (χ1) is 15.3. The van der Waals surface area contributed by atoms with Crippen molar-refractivity contribution in [3.05, 3.63) is 50.2 Å². The van der Waals surface area contributed by atoms with Gasteiger partial charge in [-0.2, -0.15) is 4.98 Å². The van der Waals surface area contributed by atoms with Crippen LogP contribution in [0.5, 0.6) is 5.75 Å². The molecule has 3 aromatic rings. The van der Waals surface area contributed by atoms with Crippen LogP contribution in [-0.2, 0) is 13.1 Å². The number of aryl methyl sites for hydroxylation is 1. The van der Waals surface area contributed by atoms with E-state index in [4.69, 9.17) is 22.1 Å². The Labute approximate surface area is 191 Å². The maximum atomic E-state index is 13.3. The lowest BCUT2D eigenvalue weighted by molar-refractivity contribution is 0.147. The topological polar surface area (TPSA) is 102 Å². The average molecular weight is 458 g/mol. The van der Waals surface area contributed by atoms with Crippen molar-refractivity contribution in [1.82, 2.24) is 29.3 Å². The summed E-state index contributed by atoms with van der Waals surface area (Å²) in [6.45, 7) is 8.59. The lowest BCUT2D eigenvalue weighted by Crippen LogP contribution is -2.44. The number of methoxy groups -OCH3 is 1. The summed E-state index contributed by atoms with van der Waals surface area (Å²) in [6, 6.07) is 0. The molecule has 1 saturated heterocycles. The van der Waals surface area contributed by atoms with Gasteiger partial charge in [0.05, 0.1) is 19.3 Å². The monoisotopic (exact) mass is 457 g/mol. The maximum Gasteiger partial charge on any atom is 0.223 e. The summed E-state index contributed by atoms with van der Waals surface area (Å²) in [4.78, 5) is 30.9. The highest BCUT2D eigenvalue weighted by molar-refractivity contribution is 6.34. The van der Waals surface area contributed by atoms with E-state index in [1.165, 1.54) is 0 Å². The van der Waals surface area contributed by atoms with Gasteiger partial charge in [-0.15, -0.1) is 0 Å². The first-order valence-corrected chi connectivity index (χ1v) is 10.9. The number of hydrogen-bond acceptors (Lipinski definition) is 8. The Morgan fingerprint density at radius 2 is 1.88 bits per heavy atom. The quantitative estimate of drug-likeness (QED) is 0.579. The Balaban J connectivity index is 1.82. The minimum absolute atomic E-state index is 0.0219. The number of pyridine rings is 2. The predicted molar refractivity (Wildman–Crippen MR) is 125 cm³/mol. The van der Waals surface area contributed by atoms with Crippen molar-refractivity contribution in [2.75, 3.05) is 46.1 Å². The van der Waals surface area contributed by atoms with Gasteiger partial charge in [0.1, 0.15) is 16.3 Å². The molecule has 3 aromatic heterocycles. The van der Waals surface area contributed by atoms with E-state index in [-0.39, 0.29) is 21.9 Å². The van der Waals surface area contributed by atoms with E-state index in [0.717, 1.165) is 48.7 Å². The molecule has 0 aliphatic carbocycles. The van der Waals surface area contributed by atoms with E-state index < -0.39 is 0 Å². The number of anilines is 1. The molecule has 4 heterocycles. The Morgan fingerprint density at radius 3 is 2.56 bits per heavy atom. The van der Waals surface area contributed by atoms with Crippen molar-refractivity contribution in [3.63, 3.8) is 0 Å². The smallest absolute Gasteiger partial charge is 0.223 e. The van der Waals surface area contributed by atoms with Gasteiger partial charge in [0.2, 0.25) is 5.95 Å². The molecule has 0 atom stereocenters. The number of likely N-dealkylation sites (N-methyl/N-ethyl adjacent to an activating group) is 1. The van der Waals surface area contributed by atoms with Crippen LogP contribution in [0.3, 0.4) is 0 Å². The largest absolute Gasteiger partial charge is 0.496 e. The highest BCUT2D eigenvalue weighted by Crippen LogP contribution is 2.26. The molecule has 0 unspecified atom stereocenters. The molecule has 1 aliphatic heterocycles. The Kier molecular flexibility index (Phi) is 6.32. The lowest BCUT2D eigenvalue weighted by Gasteiger charge is -2.32. The lowest BCUT2D eigenvalue weighted by atomic mass is 10.1. The number of nitrogen functional groups attached to an aromatic ring is 1. The fourth-order valence-electron chi connectivity index (χ4n) is 4.18. The van der Waals surface area contributed by atoms with Crippen LogP contribution in [0.1, 0.15) is 22.4 Å². The molecule has 32 heavy (non-hydrogen) atoms. The third kappa shape index (κ3) is 4.28. The number of fused-ring (bicyclic) bond motifs is 1. The first-order valence-electron chi connectivity index (χ1n) is 10.5. The number of aromatic nitrogens is 4. The van der Waals surface area contributed by atoms with Crippen LogP contribution in [0, 0.1) is 13.8 Å². The average Bonchev–Trinajstić information content (AvgIpc) is 2.74. The standard InChI is InChI=1S/C22H28ClN7O2/c1-13-9-25-16(14(2)19(13)32-4)12-30-11-15(10-29-7-5-28(3)6-8-29)18(31)17-20(23)26-22(24)27-21(17)30/h9,11H,5-8,10,12H2,1-4H3,(H2,24,26,27). The minimum atomic E-state index is -0.161. The van der Waals surface area contributed by atoms with Crippen molar-refractivity contribution in [2.24, 2.45) is 0 Å². The molecule has 0 saturated carbocycles. The zero-order valence-electron chi connectivity index (χ0n) is 18.9. The molecule has 170 valence electrons. The number of rotatable bonds is 5. The molecule has 1 fully saturated rings. The third-order valence-electron chi connectivity index (χ3n) is 6.03. The maximum absolute atomic E-state index is 13.3. The van der Waals surface area contributed by atoms with Gasteiger partial charge in [0.25, 0.3) is 0 Å². The number of hydrogen-bond donors (Lipinski definition) is 1. The van der Waals surface area contributed by atoms with Crippen LogP contribution < -0.4 is 15.9 Å². The van der Waals surface area contributed by atoms with Crippen molar-refractivity contribution in [2.45, 2.75) is 26.9 Å². The van der Waals surface area contributed by atoms with Crippen LogP contribution in [0.4, 0.5) is 5.95 Å². The van der Waals surface area contributed by atoms with Gasteiger partial charge in [0, 0.05) is 61.8 Å². The van der Waals surface area contributed by atoms with Crippen LogP contribution >= 0.6 is 11.6 Å². The molecular weight excluding hydrogens is 430 g/mol. The van der Waals surface area contributed by atoms with E-state index in [1.54, 1.807) is 13.3 Å². The zero-order valence-corrected chi connectivity index (χ0v) is 19.6. The van der Waals surface area contributed by atoms with E-state index in [1.807, 2.05) is 24.6 Å². The zero-order chi connectivity index (χ0) is 23.0. The number of halogens is 1. The molecule has 9 nitrogen and oxygen atoms in total. The summed E-state index contributed by atoms with van der Waals surface area (Å²) in [5.74, 6) is 0.818. The second kappa shape index (κ2) is 9.01. The second-order valence-corrected chi connectivity index (χ2v) is 8.67. The van der Waals surface area contributed by atoms with Gasteiger partial charge >= 0.3 is 0 Å². The molecular formula is C22H28ClN7O2. The Hall–Kier alpha value is -2.75. The number of nitrogens with zero attached hydrogens (tertiary/aromatic N) is 6. The number of piperazine rings is 1. The van der Waals surface area contributed by atoms with Gasteiger partial charge in [-0.3, -0.25) is 14.7 Å². The number of nitrogens with two attached hydrogens (primary N) is 1. The summed E-state index contributed by atoms with van der Waals surface area (Å²) in [6.07, 6.45) is 3.63. The van der Waals surface area contributed by atoms with E-state index in [9.17, 15) is 4.79 Å². The van der Waals surface area contributed by atoms with Crippen LogP contribution in [0.2, 0.25) is 5.15 Å². The van der Waals surface area contributed by atoms with Crippen molar-refractivity contribution < 1.29 is 4.74 Å². The van der Waals surface area contributed by atoms with Crippen molar-refractivity contribution >= 4 is 28.6 Å². The minimum Gasteiger partial charge on any atom is -0.496 e. The molecule has 1 aliphatic rings. The molecule has 2 N–H and O–H groups in total. The normalized spacial score (nSPS) is 15.4. The fourth-order valence-corrected chi connectivity index (χ4v) is 4.44. The molecule has 10 heteroatoms. The van der Waals surface area contributed by atoms with Gasteiger partial charge in [-0.25, -0.2) is 4.98 Å².